The normalized spacial score (nSPS) is 14.9. The highest BCUT2D eigenvalue weighted by Gasteiger charge is 2.35. The summed E-state index contributed by atoms with van der Waals surface area (Å²) in [4.78, 5) is 15.4. The number of allylic oxidation sites excluding steroid dienone is 3. The number of halogens is 3. The van der Waals surface area contributed by atoms with Gasteiger partial charge in [-0.3, -0.25) is 0 Å². The van der Waals surface area contributed by atoms with Crippen LogP contribution in [0.3, 0.4) is 0 Å². The summed E-state index contributed by atoms with van der Waals surface area (Å²) in [5.74, 6) is 2.02. The minimum absolute atomic E-state index is 0.311. The molecular formula is C31H36F3N7. The number of anilines is 1. The van der Waals surface area contributed by atoms with Gasteiger partial charge in [0.1, 0.15) is 11.6 Å². The van der Waals surface area contributed by atoms with E-state index in [1.165, 1.54) is 10.1 Å². The van der Waals surface area contributed by atoms with Crippen LogP contribution in [0.25, 0.3) is 17.0 Å². The van der Waals surface area contributed by atoms with Gasteiger partial charge in [0.15, 0.2) is 17.7 Å². The maximum absolute atomic E-state index is 13.1. The number of alkyl halides is 3. The Morgan fingerprint density at radius 1 is 1.05 bits per heavy atom. The summed E-state index contributed by atoms with van der Waals surface area (Å²) in [5, 5.41) is 13.0. The third-order valence-corrected chi connectivity index (χ3v) is 7.20. The molecule has 3 aromatic rings. The van der Waals surface area contributed by atoms with Crippen LogP contribution in [0.1, 0.15) is 74.8 Å². The molecule has 41 heavy (non-hydrogen) atoms. The van der Waals surface area contributed by atoms with Crippen molar-refractivity contribution in [1.29, 1.82) is 5.26 Å². The first-order valence-electron chi connectivity index (χ1n) is 14.0. The summed E-state index contributed by atoms with van der Waals surface area (Å²) in [5.41, 5.74) is 5.04. The van der Waals surface area contributed by atoms with Crippen LogP contribution in [0.4, 0.5) is 19.0 Å². The smallest absolute Gasteiger partial charge is 0.366 e. The Bertz CT molecular complexity index is 1490. The molecular weight excluding hydrogens is 527 g/mol. The van der Waals surface area contributed by atoms with Crippen molar-refractivity contribution in [2.75, 3.05) is 18.4 Å². The minimum Gasteiger partial charge on any atom is -0.366 e. The van der Waals surface area contributed by atoms with E-state index >= 15 is 0 Å². The number of benzene rings is 1. The average Bonchev–Trinajstić information content (AvgIpc) is 3.39. The molecule has 0 saturated heterocycles. The minimum atomic E-state index is -4.47. The third kappa shape index (κ3) is 6.62. The van der Waals surface area contributed by atoms with Gasteiger partial charge in [-0.15, -0.1) is 0 Å². The van der Waals surface area contributed by atoms with E-state index in [0.29, 0.717) is 62.3 Å². The average molecular weight is 564 g/mol. The maximum Gasteiger partial charge on any atom is 0.434 e. The summed E-state index contributed by atoms with van der Waals surface area (Å²) < 4.78 is 40.7. The van der Waals surface area contributed by atoms with Crippen molar-refractivity contribution in [3.8, 4) is 17.6 Å². The zero-order valence-electron chi connectivity index (χ0n) is 24.2. The van der Waals surface area contributed by atoms with E-state index in [1.807, 2.05) is 44.2 Å². The largest absolute Gasteiger partial charge is 0.434 e. The van der Waals surface area contributed by atoms with Gasteiger partial charge in [-0.25, -0.2) is 15.0 Å². The second kappa shape index (κ2) is 12.6. The van der Waals surface area contributed by atoms with E-state index in [0.717, 1.165) is 34.2 Å². The number of hydrogen-bond acceptors (Lipinski definition) is 6. The highest BCUT2D eigenvalue weighted by molar-refractivity contribution is 5.66. The van der Waals surface area contributed by atoms with Gasteiger partial charge in [0.25, 0.3) is 0 Å². The number of hydrogen-bond donors (Lipinski definition) is 1. The molecule has 0 bridgehead atoms. The summed E-state index contributed by atoms with van der Waals surface area (Å²) >= 11 is 0. The van der Waals surface area contributed by atoms with Crippen LogP contribution in [-0.2, 0) is 26.2 Å². The molecule has 0 atom stereocenters. The summed E-state index contributed by atoms with van der Waals surface area (Å²) in [6.45, 7) is 9.89. The van der Waals surface area contributed by atoms with Crippen LogP contribution in [0.15, 0.2) is 48.2 Å². The molecule has 0 spiro atoms. The van der Waals surface area contributed by atoms with Crippen molar-refractivity contribution < 1.29 is 13.2 Å². The second-order valence-electron chi connectivity index (χ2n) is 10.3. The molecule has 0 unspecified atom stereocenters. The Balaban J connectivity index is 0.00000189. The maximum atomic E-state index is 13.1. The predicted molar refractivity (Wildman–Crippen MR) is 155 cm³/mol. The number of aromatic nitrogens is 4. The van der Waals surface area contributed by atoms with Crippen LogP contribution in [-0.4, -0.2) is 37.5 Å². The Morgan fingerprint density at radius 2 is 1.80 bits per heavy atom. The van der Waals surface area contributed by atoms with E-state index in [-0.39, 0.29) is 0 Å². The quantitative estimate of drug-likeness (QED) is 0.322. The Labute approximate surface area is 239 Å². The predicted octanol–water partition coefficient (Wildman–Crippen LogP) is 7.10. The standard InChI is InChI=1S/C29H30F3N7.C2H6/c1-18(2)21-6-4-5-7-22(21)27-35-24-12-13-39(17-33)15-23(24)26(37-27)34-14-19-8-10-20(11-9-19)28-36-25(16-38(28)3)29(30,31)32;1-2/h4-8,10,16,18H,9,11-15H2,1-3H3,(H,34,35,37);1-2H3. The topological polar surface area (TPSA) is 82.7 Å². The van der Waals surface area contributed by atoms with Gasteiger partial charge in [-0.2, -0.15) is 18.4 Å². The van der Waals surface area contributed by atoms with Gasteiger partial charge in [0.05, 0.1) is 12.2 Å². The Hall–Kier alpha value is -4.13. The molecule has 0 radical (unpaired) electrons. The van der Waals surface area contributed by atoms with E-state index < -0.39 is 11.9 Å². The van der Waals surface area contributed by atoms with Crippen LogP contribution in [0.5, 0.6) is 0 Å². The lowest BCUT2D eigenvalue weighted by Crippen LogP contribution is -2.29. The zero-order chi connectivity index (χ0) is 29.7. The number of fused-ring (bicyclic) bond motifs is 1. The SMILES string of the molecule is CC.CC(C)c1ccccc1-c1nc2c(c(NCC3=CC=C(c4nc(C(F)(F)F)cn4C)CC3)n1)CN(C#N)CC2. The van der Waals surface area contributed by atoms with Crippen molar-refractivity contribution in [3.05, 3.63) is 76.5 Å². The third-order valence-electron chi connectivity index (χ3n) is 7.20. The molecule has 5 rings (SSSR count). The first-order chi connectivity index (χ1) is 19.6. The van der Waals surface area contributed by atoms with Crippen molar-refractivity contribution >= 4 is 11.4 Å². The molecule has 10 heteroatoms. The van der Waals surface area contributed by atoms with Crippen molar-refractivity contribution in [1.82, 2.24) is 24.4 Å². The molecule has 2 aromatic heterocycles. The van der Waals surface area contributed by atoms with Gasteiger partial charge in [0, 0.05) is 43.9 Å². The number of aryl methyl sites for hydroxylation is 1. The highest BCUT2D eigenvalue weighted by Crippen LogP contribution is 2.34. The van der Waals surface area contributed by atoms with Crippen LogP contribution < -0.4 is 5.32 Å². The number of rotatable bonds is 6. The first-order valence-corrected chi connectivity index (χ1v) is 14.0. The lowest BCUT2D eigenvalue weighted by Gasteiger charge is -2.26. The Kier molecular flexibility index (Phi) is 9.16. The van der Waals surface area contributed by atoms with Gasteiger partial charge >= 0.3 is 6.18 Å². The lowest BCUT2D eigenvalue weighted by atomic mass is 9.96. The molecule has 216 valence electrons. The molecule has 2 aliphatic rings. The molecule has 1 aromatic carbocycles. The zero-order valence-corrected chi connectivity index (χ0v) is 24.2. The molecule has 1 aliphatic heterocycles. The van der Waals surface area contributed by atoms with Gasteiger partial charge in [-0.1, -0.05) is 69.7 Å². The fourth-order valence-electron chi connectivity index (χ4n) is 5.08. The van der Waals surface area contributed by atoms with Crippen LogP contribution in [0, 0.1) is 11.5 Å². The molecule has 1 aliphatic carbocycles. The molecule has 0 fully saturated rings. The van der Waals surface area contributed by atoms with Crippen LogP contribution >= 0.6 is 0 Å². The van der Waals surface area contributed by atoms with Crippen LogP contribution in [0.2, 0.25) is 0 Å². The van der Waals surface area contributed by atoms with E-state index in [2.05, 4.69) is 36.4 Å². The van der Waals surface area contributed by atoms with Crippen molar-refractivity contribution in [2.45, 2.75) is 65.6 Å². The van der Waals surface area contributed by atoms with Gasteiger partial charge in [-0.05, 0) is 29.9 Å². The molecule has 0 saturated carbocycles. The monoisotopic (exact) mass is 563 g/mol. The van der Waals surface area contributed by atoms with Gasteiger partial charge < -0.3 is 14.8 Å². The number of nitrogens with one attached hydrogen (secondary N) is 1. The number of nitrogens with zero attached hydrogens (tertiary/aromatic N) is 6. The van der Waals surface area contributed by atoms with Crippen molar-refractivity contribution in [2.24, 2.45) is 7.05 Å². The number of imidazole rings is 1. The lowest BCUT2D eigenvalue weighted by molar-refractivity contribution is -0.141. The van der Waals surface area contributed by atoms with E-state index in [9.17, 15) is 18.4 Å². The molecule has 7 nitrogen and oxygen atoms in total. The fourth-order valence-corrected chi connectivity index (χ4v) is 5.08. The Morgan fingerprint density at radius 3 is 2.44 bits per heavy atom. The molecule has 1 N–H and O–H groups in total. The molecule has 3 heterocycles. The second-order valence-corrected chi connectivity index (χ2v) is 10.3. The highest BCUT2D eigenvalue weighted by atomic mass is 19.4. The fraction of sp³-hybridized carbons (Fsp3) is 0.419. The molecule has 0 amide bonds. The van der Waals surface area contributed by atoms with E-state index in [1.54, 1.807) is 11.9 Å². The first kappa shape index (κ1) is 29.8. The van der Waals surface area contributed by atoms with Gasteiger partial charge in [0.2, 0.25) is 0 Å². The van der Waals surface area contributed by atoms with E-state index in [4.69, 9.17) is 9.97 Å². The summed E-state index contributed by atoms with van der Waals surface area (Å²) in [6.07, 6.45) is 4.52. The summed E-state index contributed by atoms with van der Waals surface area (Å²) in [7, 11) is 1.58. The summed E-state index contributed by atoms with van der Waals surface area (Å²) in [6, 6.07) is 8.16. The van der Waals surface area contributed by atoms with Crippen molar-refractivity contribution in [3.63, 3.8) is 0 Å². The number of nitriles is 1.